The molecule has 0 fully saturated rings. The van der Waals surface area contributed by atoms with Gasteiger partial charge in [0.05, 0.1) is 11.4 Å². The first-order valence-corrected chi connectivity index (χ1v) is 13.0. The summed E-state index contributed by atoms with van der Waals surface area (Å²) >= 11 is 4.57. The van der Waals surface area contributed by atoms with Crippen LogP contribution in [0.15, 0.2) is 52.1 Å². The Hall–Kier alpha value is -2.39. The standard InChI is InChI=1S/C25H30BrFN4O2S/c1-15(2)13-31-24(17(5)33-20-9-6-18(7-10-20)16(3)4)29-30-25(31)34-14-23(32)28-22-11-8-19(27)12-21(22)26/h6-12,15-17H,13-14H2,1-5H3,(H,28,32). The summed E-state index contributed by atoms with van der Waals surface area (Å²) in [5.74, 6) is 1.86. The molecule has 1 amide bonds. The number of nitrogens with zero attached hydrogens (tertiary/aromatic N) is 3. The van der Waals surface area contributed by atoms with Crippen molar-refractivity contribution in [2.75, 3.05) is 11.1 Å². The van der Waals surface area contributed by atoms with Gasteiger partial charge < -0.3 is 14.6 Å². The molecule has 1 N–H and O–H groups in total. The number of anilines is 1. The van der Waals surface area contributed by atoms with Gasteiger partial charge in [-0.05, 0) is 70.6 Å². The van der Waals surface area contributed by atoms with Gasteiger partial charge in [-0.1, -0.05) is 51.6 Å². The van der Waals surface area contributed by atoms with Crippen molar-refractivity contribution in [2.24, 2.45) is 5.92 Å². The van der Waals surface area contributed by atoms with Gasteiger partial charge in [0.1, 0.15) is 11.6 Å². The number of carbonyl (C=O) groups excluding carboxylic acids is 1. The Bertz CT molecular complexity index is 1120. The number of amides is 1. The van der Waals surface area contributed by atoms with Gasteiger partial charge in [0.15, 0.2) is 17.1 Å². The summed E-state index contributed by atoms with van der Waals surface area (Å²) in [5, 5.41) is 12.2. The number of rotatable bonds is 10. The first kappa shape index (κ1) is 26.2. The molecule has 0 aliphatic rings. The van der Waals surface area contributed by atoms with E-state index in [1.807, 2.05) is 23.6 Å². The van der Waals surface area contributed by atoms with Gasteiger partial charge >= 0.3 is 0 Å². The van der Waals surface area contributed by atoms with E-state index in [-0.39, 0.29) is 23.6 Å². The van der Waals surface area contributed by atoms with Crippen molar-refractivity contribution in [3.8, 4) is 5.75 Å². The van der Waals surface area contributed by atoms with Crippen molar-refractivity contribution in [1.82, 2.24) is 14.8 Å². The lowest BCUT2D eigenvalue weighted by atomic mass is 10.0. The zero-order valence-electron chi connectivity index (χ0n) is 20.0. The lowest BCUT2D eigenvalue weighted by Crippen LogP contribution is -2.17. The van der Waals surface area contributed by atoms with Crippen molar-refractivity contribution >= 4 is 39.3 Å². The smallest absolute Gasteiger partial charge is 0.234 e. The molecule has 0 spiro atoms. The maximum absolute atomic E-state index is 13.3. The predicted molar refractivity (Wildman–Crippen MR) is 138 cm³/mol. The third-order valence-electron chi connectivity index (χ3n) is 5.05. The zero-order valence-corrected chi connectivity index (χ0v) is 22.4. The van der Waals surface area contributed by atoms with Crippen molar-refractivity contribution < 1.29 is 13.9 Å². The molecule has 0 saturated heterocycles. The number of ether oxygens (including phenoxy) is 1. The number of halogens is 2. The predicted octanol–water partition coefficient (Wildman–Crippen LogP) is 6.83. The Morgan fingerprint density at radius 3 is 2.44 bits per heavy atom. The molecule has 1 heterocycles. The van der Waals surface area contributed by atoms with Crippen molar-refractivity contribution in [2.45, 2.75) is 58.3 Å². The van der Waals surface area contributed by atoms with Gasteiger partial charge in [-0.25, -0.2) is 4.39 Å². The molecule has 182 valence electrons. The molecule has 1 aromatic heterocycles. The molecular formula is C25H30BrFN4O2S. The second kappa shape index (κ2) is 11.8. The highest BCUT2D eigenvalue weighted by Gasteiger charge is 2.21. The zero-order chi connectivity index (χ0) is 24.8. The molecule has 6 nitrogen and oxygen atoms in total. The topological polar surface area (TPSA) is 69.0 Å². The molecule has 34 heavy (non-hydrogen) atoms. The van der Waals surface area contributed by atoms with Crippen molar-refractivity contribution in [3.63, 3.8) is 0 Å². The SMILES string of the molecule is CC(C)Cn1c(SCC(=O)Nc2ccc(F)cc2Br)nnc1C(C)Oc1ccc(C(C)C)cc1. The summed E-state index contributed by atoms with van der Waals surface area (Å²) in [5.41, 5.74) is 1.77. The minimum absolute atomic E-state index is 0.145. The second-order valence-electron chi connectivity index (χ2n) is 8.79. The number of hydrogen-bond acceptors (Lipinski definition) is 5. The first-order chi connectivity index (χ1) is 16.1. The van der Waals surface area contributed by atoms with Crippen LogP contribution < -0.4 is 10.1 Å². The molecule has 0 aliphatic heterocycles. The Labute approximate surface area is 212 Å². The molecule has 0 aliphatic carbocycles. The average molecular weight is 550 g/mol. The van der Waals surface area contributed by atoms with Crippen LogP contribution in [0, 0.1) is 11.7 Å². The van der Waals surface area contributed by atoms with E-state index < -0.39 is 0 Å². The number of hydrogen-bond donors (Lipinski definition) is 1. The van der Waals surface area contributed by atoms with Crippen LogP contribution in [0.3, 0.4) is 0 Å². The van der Waals surface area contributed by atoms with Crippen LogP contribution in [0.5, 0.6) is 5.75 Å². The second-order valence-corrected chi connectivity index (χ2v) is 10.6. The van der Waals surface area contributed by atoms with E-state index in [0.717, 1.165) is 5.75 Å². The van der Waals surface area contributed by atoms with Gasteiger partial charge in [-0.2, -0.15) is 0 Å². The van der Waals surface area contributed by atoms with Crippen molar-refractivity contribution in [1.29, 1.82) is 0 Å². The summed E-state index contributed by atoms with van der Waals surface area (Å²) in [6.45, 7) is 11.2. The minimum Gasteiger partial charge on any atom is -0.483 e. The Morgan fingerprint density at radius 2 is 1.82 bits per heavy atom. The normalized spacial score (nSPS) is 12.3. The summed E-state index contributed by atoms with van der Waals surface area (Å²) in [7, 11) is 0. The van der Waals surface area contributed by atoms with E-state index in [9.17, 15) is 9.18 Å². The number of aromatic nitrogens is 3. The molecule has 3 aromatic rings. The Morgan fingerprint density at radius 1 is 1.12 bits per heavy atom. The summed E-state index contributed by atoms with van der Waals surface area (Å²) in [6, 6.07) is 12.2. The van der Waals surface area contributed by atoms with E-state index in [0.29, 0.717) is 39.5 Å². The molecule has 0 radical (unpaired) electrons. The largest absolute Gasteiger partial charge is 0.483 e. The van der Waals surface area contributed by atoms with Crippen LogP contribution in [0.1, 0.15) is 58.0 Å². The maximum Gasteiger partial charge on any atom is 0.234 e. The fraction of sp³-hybridized carbons (Fsp3) is 0.400. The molecule has 3 rings (SSSR count). The molecule has 9 heteroatoms. The van der Waals surface area contributed by atoms with Crippen molar-refractivity contribution in [3.05, 3.63) is 64.1 Å². The highest BCUT2D eigenvalue weighted by molar-refractivity contribution is 9.10. The number of thioether (sulfide) groups is 1. The average Bonchev–Trinajstić information content (AvgIpc) is 3.16. The van der Waals surface area contributed by atoms with Gasteiger partial charge in [-0.3, -0.25) is 4.79 Å². The van der Waals surface area contributed by atoms with E-state index in [1.165, 1.54) is 35.5 Å². The quantitative estimate of drug-likeness (QED) is 0.281. The third kappa shape index (κ3) is 7.06. The van der Waals surface area contributed by atoms with E-state index in [2.05, 4.69) is 71.3 Å². The van der Waals surface area contributed by atoms with Crippen LogP contribution >= 0.6 is 27.7 Å². The lowest BCUT2D eigenvalue weighted by Gasteiger charge is -2.18. The number of carbonyl (C=O) groups is 1. The molecular weight excluding hydrogens is 519 g/mol. The molecule has 0 saturated carbocycles. The van der Waals surface area contributed by atoms with Crippen LogP contribution in [0.2, 0.25) is 0 Å². The number of nitrogens with one attached hydrogen (secondary N) is 1. The molecule has 1 atom stereocenters. The van der Waals surface area contributed by atoms with Crippen LogP contribution in [0.25, 0.3) is 0 Å². The Kier molecular flexibility index (Phi) is 9.13. The minimum atomic E-state index is -0.374. The Balaban J connectivity index is 1.69. The molecule has 0 bridgehead atoms. The highest BCUT2D eigenvalue weighted by atomic mass is 79.9. The maximum atomic E-state index is 13.3. The van der Waals surface area contributed by atoms with Crippen LogP contribution in [0.4, 0.5) is 10.1 Å². The summed E-state index contributed by atoms with van der Waals surface area (Å²) < 4.78 is 21.9. The summed E-state index contributed by atoms with van der Waals surface area (Å²) in [4.78, 5) is 12.5. The number of benzene rings is 2. The summed E-state index contributed by atoms with van der Waals surface area (Å²) in [6.07, 6.45) is -0.311. The molecule has 2 aromatic carbocycles. The van der Waals surface area contributed by atoms with E-state index >= 15 is 0 Å². The van der Waals surface area contributed by atoms with Crippen LogP contribution in [-0.4, -0.2) is 26.4 Å². The highest BCUT2D eigenvalue weighted by Crippen LogP contribution is 2.28. The lowest BCUT2D eigenvalue weighted by molar-refractivity contribution is -0.113. The van der Waals surface area contributed by atoms with E-state index in [1.54, 1.807) is 0 Å². The van der Waals surface area contributed by atoms with E-state index in [4.69, 9.17) is 4.74 Å². The van der Waals surface area contributed by atoms with Gasteiger partial charge in [0, 0.05) is 11.0 Å². The monoisotopic (exact) mass is 548 g/mol. The molecule has 1 unspecified atom stereocenters. The van der Waals surface area contributed by atoms with Crippen LogP contribution in [-0.2, 0) is 11.3 Å². The van der Waals surface area contributed by atoms with Gasteiger partial charge in [0.2, 0.25) is 5.91 Å². The first-order valence-electron chi connectivity index (χ1n) is 11.2. The fourth-order valence-electron chi connectivity index (χ4n) is 3.34. The van der Waals surface area contributed by atoms with Gasteiger partial charge in [-0.15, -0.1) is 10.2 Å². The fourth-order valence-corrected chi connectivity index (χ4v) is 4.54. The third-order valence-corrected chi connectivity index (χ3v) is 6.68. The van der Waals surface area contributed by atoms with Gasteiger partial charge in [0.25, 0.3) is 0 Å².